The van der Waals surface area contributed by atoms with Gasteiger partial charge in [0.25, 0.3) is 0 Å². The average molecular weight is 263 g/mol. The average Bonchev–Trinajstić information content (AvgIpc) is 2.30. The van der Waals surface area contributed by atoms with E-state index in [-0.39, 0.29) is 0 Å². The lowest BCUT2D eigenvalue weighted by atomic mass is 9.89. The molecule has 0 amide bonds. The van der Waals surface area contributed by atoms with Crippen LogP contribution in [-0.4, -0.2) is 17.6 Å². The summed E-state index contributed by atoms with van der Waals surface area (Å²) in [7, 11) is 0. The number of carboxylic acids is 1. The Bertz CT molecular complexity index is 450. The van der Waals surface area contributed by atoms with Gasteiger partial charge >= 0.3 is 5.97 Å². The van der Waals surface area contributed by atoms with Gasteiger partial charge in [-0.05, 0) is 50.3 Å². The number of carbonyl (C=O) groups is 1. The zero-order valence-corrected chi connectivity index (χ0v) is 12.6. The van der Waals surface area contributed by atoms with Crippen molar-refractivity contribution in [2.24, 2.45) is 5.41 Å². The number of carboxylic acid groups (broad SMARTS) is 1. The van der Waals surface area contributed by atoms with Gasteiger partial charge in [-0.15, -0.1) is 0 Å². The maximum atomic E-state index is 11.0. The monoisotopic (exact) mass is 263 g/mol. The van der Waals surface area contributed by atoms with E-state index in [2.05, 4.69) is 44.3 Å². The van der Waals surface area contributed by atoms with Crippen LogP contribution < -0.4 is 5.32 Å². The summed E-state index contributed by atoms with van der Waals surface area (Å²) < 4.78 is 0. The molecule has 0 spiro atoms. The number of rotatable bonds is 6. The molecule has 0 heterocycles. The van der Waals surface area contributed by atoms with Crippen LogP contribution in [0, 0.1) is 12.3 Å². The van der Waals surface area contributed by atoms with Crippen molar-refractivity contribution in [3.05, 3.63) is 29.3 Å². The van der Waals surface area contributed by atoms with Gasteiger partial charge in [-0.3, -0.25) is 4.79 Å². The van der Waals surface area contributed by atoms with Crippen molar-refractivity contribution in [3.63, 3.8) is 0 Å². The molecule has 0 aromatic heterocycles. The van der Waals surface area contributed by atoms with Crippen molar-refractivity contribution in [2.75, 3.05) is 11.9 Å². The van der Waals surface area contributed by atoms with Crippen LogP contribution in [0.1, 0.15) is 51.2 Å². The van der Waals surface area contributed by atoms with Crippen LogP contribution in [0.5, 0.6) is 0 Å². The molecule has 2 N–H and O–H groups in total. The Kier molecular flexibility index (Phi) is 4.98. The fourth-order valence-corrected chi connectivity index (χ4v) is 1.81. The van der Waals surface area contributed by atoms with Crippen LogP contribution in [0.25, 0.3) is 0 Å². The van der Waals surface area contributed by atoms with Gasteiger partial charge in [0, 0.05) is 12.2 Å². The van der Waals surface area contributed by atoms with E-state index < -0.39 is 11.4 Å². The second-order valence-electron chi connectivity index (χ2n) is 6.09. The van der Waals surface area contributed by atoms with Crippen molar-refractivity contribution in [3.8, 4) is 0 Å². The zero-order chi connectivity index (χ0) is 14.6. The van der Waals surface area contributed by atoms with E-state index >= 15 is 0 Å². The minimum absolute atomic E-state index is 0.497. The Labute approximate surface area is 116 Å². The van der Waals surface area contributed by atoms with Crippen LogP contribution in [0.2, 0.25) is 0 Å². The van der Waals surface area contributed by atoms with Crippen LogP contribution in [-0.2, 0) is 4.79 Å². The number of aliphatic carboxylic acids is 1. The highest BCUT2D eigenvalue weighted by atomic mass is 16.4. The van der Waals surface area contributed by atoms with Gasteiger partial charge in [0.05, 0.1) is 5.41 Å². The van der Waals surface area contributed by atoms with E-state index in [0.29, 0.717) is 18.9 Å². The van der Waals surface area contributed by atoms with Crippen LogP contribution in [0.3, 0.4) is 0 Å². The molecule has 0 aliphatic rings. The van der Waals surface area contributed by atoms with Crippen molar-refractivity contribution in [2.45, 2.75) is 47.0 Å². The van der Waals surface area contributed by atoms with Crippen molar-refractivity contribution >= 4 is 11.7 Å². The molecule has 0 aliphatic carbocycles. The Morgan fingerprint density at radius 2 is 2.00 bits per heavy atom. The number of benzene rings is 1. The summed E-state index contributed by atoms with van der Waals surface area (Å²) >= 11 is 0. The lowest BCUT2D eigenvalue weighted by molar-refractivity contribution is -0.147. The lowest BCUT2D eigenvalue weighted by Gasteiger charge is -2.20. The van der Waals surface area contributed by atoms with Gasteiger partial charge in [0.15, 0.2) is 0 Å². The summed E-state index contributed by atoms with van der Waals surface area (Å²) in [4.78, 5) is 11.0. The van der Waals surface area contributed by atoms with E-state index in [1.807, 2.05) is 0 Å². The van der Waals surface area contributed by atoms with E-state index in [0.717, 1.165) is 5.69 Å². The molecule has 19 heavy (non-hydrogen) atoms. The standard InChI is InChI=1S/C16H25NO2/c1-11(2)13-7-6-12(3)14(10-13)17-9-8-16(4,5)15(18)19/h6-7,10-11,17H,8-9H2,1-5H3,(H,18,19). The second kappa shape index (κ2) is 6.09. The topological polar surface area (TPSA) is 49.3 Å². The fourth-order valence-electron chi connectivity index (χ4n) is 1.81. The van der Waals surface area contributed by atoms with Gasteiger partial charge in [-0.1, -0.05) is 26.0 Å². The first-order valence-electron chi connectivity index (χ1n) is 6.82. The highest BCUT2D eigenvalue weighted by molar-refractivity contribution is 5.73. The molecule has 0 unspecified atom stereocenters. The fraction of sp³-hybridized carbons (Fsp3) is 0.562. The molecule has 1 aromatic carbocycles. The maximum Gasteiger partial charge on any atom is 0.309 e. The third-order valence-electron chi connectivity index (χ3n) is 3.57. The van der Waals surface area contributed by atoms with Crippen molar-refractivity contribution in [1.82, 2.24) is 0 Å². The number of nitrogens with one attached hydrogen (secondary N) is 1. The number of hydrogen-bond donors (Lipinski definition) is 2. The van der Waals surface area contributed by atoms with Gasteiger partial charge in [0.2, 0.25) is 0 Å². The van der Waals surface area contributed by atoms with Crippen LogP contribution >= 0.6 is 0 Å². The van der Waals surface area contributed by atoms with Gasteiger partial charge in [-0.25, -0.2) is 0 Å². The number of hydrogen-bond acceptors (Lipinski definition) is 2. The molecule has 106 valence electrons. The summed E-state index contributed by atoms with van der Waals surface area (Å²) in [5.74, 6) is -0.251. The SMILES string of the molecule is Cc1ccc(C(C)C)cc1NCCC(C)(C)C(=O)O. The van der Waals surface area contributed by atoms with Gasteiger partial charge in [0.1, 0.15) is 0 Å². The first kappa shape index (κ1) is 15.5. The predicted octanol–water partition coefficient (Wildman–Crippen LogP) is 4.03. The molecular formula is C16H25NO2. The normalized spacial score (nSPS) is 11.7. The minimum atomic E-state index is -0.748. The van der Waals surface area contributed by atoms with Gasteiger partial charge in [-0.2, -0.15) is 0 Å². The van der Waals surface area contributed by atoms with Crippen LogP contribution in [0.4, 0.5) is 5.69 Å². The first-order valence-corrected chi connectivity index (χ1v) is 6.82. The summed E-state index contributed by atoms with van der Waals surface area (Å²) in [6.45, 7) is 10.6. The summed E-state index contributed by atoms with van der Waals surface area (Å²) in [5, 5.41) is 12.4. The number of anilines is 1. The molecule has 0 bridgehead atoms. The highest BCUT2D eigenvalue weighted by Crippen LogP contribution is 2.24. The van der Waals surface area contributed by atoms with E-state index in [9.17, 15) is 4.79 Å². The van der Waals surface area contributed by atoms with Crippen molar-refractivity contribution in [1.29, 1.82) is 0 Å². The smallest absolute Gasteiger partial charge is 0.309 e. The van der Waals surface area contributed by atoms with Crippen molar-refractivity contribution < 1.29 is 9.90 Å². The molecule has 1 rings (SSSR count). The molecule has 0 fully saturated rings. The third kappa shape index (κ3) is 4.27. The Morgan fingerprint density at radius 3 is 2.53 bits per heavy atom. The Balaban J connectivity index is 2.68. The summed E-state index contributed by atoms with van der Waals surface area (Å²) in [6, 6.07) is 6.42. The quantitative estimate of drug-likeness (QED) is 0.814. The number of aryl methyl sites for hydroxylation is 1. The Hall–Kier alpha value is -1.51. The van der Waals surface area contributed by atoms with E-state index in [4.69, 9.17) is 5.11 Å². The third-order valence-corrected chi connectivity index (χ3v) is 3.57. The highest BCUT2D eigenvalue weighted by Gasteiger charge is 2.26. The molecular weight excluding hydrogens is 238 g/mol. The lowest BCUT2D eigenvalue weighted by Crippen LogP contribution is -2.26. The minimum Gasteiger partial charge on any atom is -0.481 e. The summed E-state index contributed by atoms with van der Waals surface area (Å²) in [5.41, 5.74) is 2.91. The van der Waals surface area contributed by atoms with E-state index in [1.54, 1.807) is 13.8 Å². The maximum absolute atomic E-state index is 11.0. The second-order valence-corrected chi connectivity index (χ2v) is 6.09. The molecule has 1 aromatic rings. The molecule has 0 atom stereocenters. The van der Waals surface area contributed by atoms with Gasteiger partial charge < -0.3 is 10.4 Å². The van der Waals surface area contributed by atoms with E-state index in [1.165, 1.54) is 11.1 Å². The molecule has 0 saturated heterocycles. The molecule has 3 nitrogen and oxygen atoms in total. The first-order chi connectivity index (χ1) is 8.74. The summed E-state index contributed by atoms with van der Waals surface area (Å²) in [6.07, 6.45) is 0.605. The zero-order valence-electron chi connectivity index (χ0n) is 12.6. The molecule has 0 radical (unpaired) electrons. The molecule has 3 heteroatoms. The predicted molar refractivity (Wildman–Crippen MR) is 79.8 cm³/mol. The molecule has 0 aliphatic heterocycles. The Morgan fingerprint density at radius 1 is 1.37 bits per heavy atom. The molecule has 0 saturated carbocycles. The largest absolute Gasteiger partial charge is 0.481 e. The van der Waals surface area contributed by atoms with Crippen LogP contribution in [0.15, 0.2) is 18.2 Å².